The molecule has 2 saturated heterocycles. The summed E-state index contributed by atoms with van der Waals surface area (Å²) in [5.74, 6) is -0.487. The number of hydrogen-bond acceptors (Lipinski definition) is 6. The molecule has 31 heavy (non-hydrogen) atoms. The molecule has 3 N–H and O–H groups in total. The normalized spacial score (nSPS) is 26.2. The topological polar surface area (TPSA) is 106 Å². The minimum Gasteiger partial charge on any atom is -0.506 e. The Kier molecular flexibility index (Phi) is 6.20. The van der Waals surface area contributed by atoms with Crippen LogP contribution in [0.1, 0.15) is 28.3 Å². The maximum absolute atomic E-state index is 12.9. The highest BCUT2D eigenvalue weighted by molar-refractivity contribution is 5.96. The molecule has 0 unspecified atom stereocenters. The van der Waals surface area contributed by atoms with Crippen LogP contribution in [0.25, 0.3) is 0 Å². The lowest BCUT2D eigenvalue weighted by atomic mass is 9.81. The molecule has 1 aromatic heterocycles. The van der Waals surface area contributed by atoms with Crippen molar-refractivity contribution in [1.82, 2.24) is 20.1 Å². The first-order valence-electron chi connectivity index (χ1n) is 10.6. The van der Waals surface area contributed by atoms with E-state index in [1.54, 1.807) is 4.90 Å². The molecule has 0 spiro atoms. The summed E-state index contributed by atoms with van der Waals surface area (Å²) < 4.78 is 0. The van der Waals surface area contributed by atoms with Crippen molar-refractivity contribution in [1.29, 1.82) is 0 Å². The number of likely N-dealkylation sites (tertiary alicyclic amines) is 2. The van der Waals surface area contributed by atoms with Crippen LogP contribution in [0, 0.1) is 5.92 Å². The van der Waals surface area contributed by atoms with Crippen molar-refractivity contribution in [2.45, 2.75) is 24.5 Å². The second kappa shape index (κ2) is 9.03. The highest BCUT2D eigenvalue weighted by Gasteiger charge is 2.46. The smallest absolute Gasteiger partial charge is 0.253 e. The summed E-state index contributed by atoms with van der Waals surface area (Å²) in [4.78, 5) is 32.9. The van der Waals surface area contributed by atoms with E-state index in [2.05, 4.69) is 27.3 Å². The Hall–Kier alpha value is -2.97. The third-order valence-corrected chi connectivity index (χ3v) is 6.47. The van der Waals surface area contributed by atoms with Crippen molar-refractivity contribution >= 4 is 11.8 Å². The lowest BCUT2D eigenvalue weighted by Gasteiger charge is -2.29. The summed E-state index contributed by atoms with van der Waals surface area (Å²) in [6.45, 7) is 1.66. The number of nitrogens with zero attached hydrogens (tertiary/aromatic N) is 3. The van der Waals surface area contributed by atoms with Crippen LogP contribution in [0.3, 0.4) is 0 Å². The van der Waals surface area contributed by atoms with Gasteiger partial charge in [0.15, 0.2) is 0 Å². The summed E-state index contributed by atoms with van der Waals surface area (Å²) in [7, 11) is 2.04. The van der Waals surface area contributed by atoms with E-state index >= 15 is 0 Å². The van der Waals surface area contributed by atoms with Gasteiger partial charge < -0.3 is 25.3 Å². The lowest BCUT2D eigenvalue weighted by Crippen LogP contribution is -2.46. The van der Waals surface area contributed by atoms with E-state index in [9.17, 15) is 19.8 Å². The molecule has 2 aromatic rings. The van der Waals surface area contributed by atoms with Gasteiger partial charge in [-0.2, -0.15) is 0 Å². The zero-order chi connectivity index (χ0) is 22.0. The first-order chi connectivity index (χ1) is 14.9. The standard InChI is InChI=1S/C23H28N4O4/c1-26-13-18(15-5-3-2-4-6-15)22-19(26)14-27(8-7-20(22)29)21(30)12-25-23(31)16-9-17(28)11-24-10-16/h2-6,9-11,18-20,22,28-29H,7-8,12-14H2,1H3,(H,25,31)/t18-,19+,20+,22-/m0/s1. The van der Waals surface area contributed by atoms with Crippen LogP contribution in [-0.4, -0.2) is 82.2 Å². The van der Waals surface area contributed by atoms with E-state index in [0.29, 0.717) is 19.5 Å². The van der Waals surface area contributed by atoms with Crippen LogP contribution in [0.5, 0.6) is 5.75 Å². The van der Waals surface area contributed by atoms with Crippen molar-refractivity contribution in [2.24, 2.45) is 5.92 Å². The number of carbonyl (C=O) groups excluding carboxylic acids is 2. The number of nitrogens with one attached hydrogen (secondary N) is 1. The number of carbonyl (C=O) groups is 2. The summed E-state index contributed by atoms with van der Waals surface area (Å²) >= 11 is 0. The Morgan fingerprint density at radius 2 is 1.97 bits per heavy atom. The van der Waals surface area contributed by atoms with Gasteiger partial charge in [0.25, 0.3) is 5.91 Å². The average molecular weight is 425 g/mol. The molecule has 8 nitrogen and oxygen atoms in total. The number of aromatic hydroxyl groups is 1. The fourth-order valence-electron chi connectivity index (χ4n) is 4.89. The molecule has 0 bridgehead atoms. The second-order valence-electron chi connectivity index (χ2n) is 8.41. The Morgan fingerprint density at radius 1 is 1.19 bits per heavy atom. The number of likely N-dealkylation sites (N-methyl/N-ethyl adjacent to an activating group) is 1. The van der Waals surface area contributed by atoms with Crippen molar-refractivity contribution in [3.05, 3.63) is 59.9 Å². The maximum Gasteiger partial charge on any atom is 0.253 e. The number of aliphatic hydroxyl groups excluding tert-OH is 1. The van der Waals surface area contributed by atoms with E-state index in [1.807, 2.05) is 25.2 Å². The Morgan fingerprint density at radius 3 is 2.71 bits per heavy atom. The van der Waals surface area contributed by atoms with Crippen molar-refractivity contribution in [2.75, 3.05) is 33.2 Å². The minimum atomic E-state index is -0.495. The molecule has 3 heterocycles. The van der Waals surface area contributed by atoms with Gasteiger partial charge in [0, 0.05) is 43.7 Å². The molecule has 4 atom stereocenters. The van der Waals surface area contributed by atoms with E-state index in [1.165, 1.54) is 24.0 Å². The zero-order valence-corrected chi connectivity index (χ0v) is 17.5. The van der Waals surface area contributed by atoms with Gasteiger partial charge in [-0.05, 0) is 25.1 Å². The predicted molar refractivity (Wildman–Crippen MR) is 115 cm³/mol. The third-order valence-electron chi connectivity index (χ3n) is 6.47. The molecule has 164 valence electrons. The molecule has 1 aromatic carbocycles. The van der Waals surface area contributed by atoms with Crippen LogP contribution >= 0.6 is 0 Å². The number of rotatable bonds is 4. The predicted octanol–water partition coefficient (Wildman–Crippen LogP) is 0.824. The number of amides is 2. The largest absolute Gasteiger partial charge is 0.506 e. The van der Waals surface area contributed by atoms with E-state index in [0.717, 1.165) is 6.54 Å². The molecule has 0 radical (unpaired) electrons. The minimum absolute atomic E-state index is 0.0534. The first kappa shape index (κ1) is 21.3. The molecule has 2 amide bonds. The average Bonchev–Trinajstić information content (AvgIpc) is 3.00. The Labute approximate surface area is 181 Å². The quantitative estimate of drug-likeness (QED) is 0.671. The lowest BCUT2D eigenvalue weighted by molar-refractivity contribution is -0.130. The van der Waals surface area contributed by atoms with Gasteiger partial charge in [-0.25, -0.2) is 0 Å². The number of hydrogen-bond donors (Lipinski definition) is 3. The third kappa shape index (κ3) is 4.55. The summed E-state index contributed by atoms with van der Waals surface area (Å²) in [6.07, 6.45) is 2.59. The van der Waals surface area contributed by atoms with E-state index < -0.39 is 12.0 Å². The number of pyridine rings is 1. The maximum atomic E-state index is 12.9. The fourth-order valence-corrected chi connectivity index (χ4v) is 4.89. The van der Waals surface area contributed by atoms with Crippen molar-refractivity contribution < 1.29 is 19.8 Å². The van der Waals surface area contributed by atoms with Gasteiger partial charge in [-0.1, -0.05) is 30.3 Å². The van der Waals surface area contributed by atoms with Crippen LogP contribution < -0.4 is 5.32 Å². The molecule has 8 heteroatoms. The SMILES string of the molecule is CN1C[C@@H](c2ccccc2)[C@@H]2[C@H](O)CCN(C(=O)CNC(=O)c3cncc(O)c3)C[C@H]21. The Balaban J connectivity index is 1.42. The van der Waals surface area contributed by atoms with E-state index in [4.69, 9.17) is 0 Å². The van der Waals surface area contributed by atoms with Crippen LogP contribution in [-0.2, 0) is 4.79 Å². The second-order valence-corrected chi connectivity index (χ2v) is 8.41. The zero-order valence-electron chi connectivity index (χ0n) is 17.5. The summed E-state index contributed by atoms with van der Waals surface area (Å²) in [6, 6.07) is 11.6. The molecule has 2 aliphatic heterocycles. The van der Waals surface area contributed by atoms with Crippen LogP contribution in [0.15, 0.2) is 48.8 Å². The fraction of sp³-hybridized carbons (Fsp3) is 0.435. The number of aliphatic hydroxyl groups is 1. The molecule has 2 fully saturated rings. The highest BCUT2D eigenvalue weighted by Crippen LogP contribution is 2.41. The molecule has 4 rings (SSSR count). The molecule has 2 aliphatic rings. The molecule has 0 saturated carbocycles. The summed E-state index contributed by atoms with van der Waals surface area (Å²) in [5.41, 5.74) is 1.41. The van der Waals surface area contributed by atoms with Crippen molar-refractivity contribution in [3.8, 4) is 5.75 Å². The van der Waals surface area contributed by atoms with Gasteiger partial charge in [-0.15, -0.1) is 0 Å². The van der Waals surface area contributed by atoms with Gasteiger partial charge >= 0.3 is 0 Å². The highest BCUT2D eigenvalue weighted by atomic mass is 16.3. The van der Waals surface area contributed by atoms with Gasteiger partial charge in [0.2, 0.25) is 5.91 Å². The van der Waals surface area contributed by atoms with Gasteiger partial charge in [0.05, 0.1) is 24.4 Å². The van der Waals surface area contributed by atoms with E-state index in [-0.39, 0.29) is 41.6 Å². The monoisotopic (exact) mass is 424 g/mol. The molecular formula is C23H28N4O4. The molecule has 0 aliphatic carbocycles. The van der Waals surface area contributed by atoms with Gasteiger partial charge in [-0.3, -0.25) is 14.6 Å². The number of benzene rings is 1. The first-order valence-corrected chi connectivity index (χ1v) is 10.6. The van der Waals surface area contributed by atoms with Crippen LogP contribution in [0.4, 0.5) is 0 Å². The Bertz CT molecular complexity index is 938. The van der Waals surface area contributed by atoms with Gasteiger partial charge in [0.1, 0.15) is 5.75 Å². The number of fused-ring (bicyclic) bond motifs is 1. The summed E-state index contributed by atoms with van der Waals surface area (Å²) in [5, 5.41) is 23.0. The van der Waals surface area contributed by atoms with Crippen LogP contribution in [0.2, 0.25) is 0 Å². The number of aromatic nitrogens is 1. The van der Waals surface area contributed by atoms with Crippen molar-refractivity contribution in [3.63, 3.8) is 0 Å². The molecular weight excluding hydrogens is 396 g/mol.